The number of nitrogens with two attached hydrogens (primary N) is 1. The van der Waals surface area contributed by atoms with E-state index in [0.717, 1.165) is 16.8 Å². The number of benzene rings is 1. The molecule has 4 nitrogen and oxygen atoms in total. The van der Waals surface area contributed by atoms with E-state index >= 15 is 0 Å². The standard InChI is InChI=1S/C13H14BrFN4/c1-6-4-10(15)9(14)5-11(6)19-13-7(2)12(16)17-8(3)18-13/h4-5H,1-3H3,(H3,16,17,18,19). The van der Waals surface area contributed by atoms with Crippen LogP contribution >= 0.6 is 15.9 Å². The molecule has 100 valence electrons. The van der Waals surface area contributed by atoms with E-state index < -0.39 is 0 Å². The third kappa shape index (κ3) is 2.84. The van der Waals surface area contributed by atoms with Gasteiger partial charge in [-0.2, -0.15) is 0 Å². The van der Waals surface area contributed by atoms with Crippen molar-refractivity contribution in [1.82, 2.24) is 9.97 Å². The highest BCUT2D eigenvalue weighted by molar-refractivity contribution is 9.10. The Morgan fingerprint density at radius 3 is 2.58 bits per heavy atom. The molecule has 0 aliphatic heterocycles. The largest absolute Gasteiger partial charge is 0.383 e. The smallest absolute Gasteiger partial charge is 0.139 e. The summed E-state index contributed by atoms with van der Waals surface area (Å²) in [6, 6.07) is 3.14. The number of aromatic nitrogens is 2. The van der Waals surface area contributed by atoms with E-state index in [0.29, 0.717) is 21.9 Å². The molecule has 0 atom stereocenters. The van der Waals surface area contributed by atoms with Crippen molar-refractivity contribution >= 4 is 33.3 Å². The first-order chi connectivity index (χ1) is 8.88. The number of nitrogen functional groups attached to an aromatic ring is 1. The fourth-order valence-corrected chi connectivity index (χ4v) is 2.02. The van der Waals surface area contributed by atoms with Crippen LogP contribution < -0.4 is 11.1 Å². The number of nitrogens with zero attached hydrogens (tertiary/aromatic N) is 2. The Labute approximate surface area is 119 Å². The molecule has 0 bridgehead atoms. The Kier molecular flexibility index (Phi) is 3.71. The zero-order valence-electron chi connectivity index (χ0n) is 10.9. The minimum atomic E-state index is -0.293. The molecule has 0 aliphatic rings. The Bertz CT molecular complexity index is 643. The minimum Gasteiger partial charge on any atom is -0.383 e. The number of nitrogens with one attached hydrogen (secondary N) is 1. The molecule has 2 rings (SSSR count). The first-order valence-corrected chi connectivity index (χ1v) is 6.51. The second-order valence-corrected chi connectivity index (χ2v) is 5.19. The molecule has 0 radical (unpaired) electrons. The van der Waals surface area contributed by atoms with Crippen LogP contribution in [-0.4, -0.2) is 9.97 Å². The van der Waals surface area contributed by atoms with Crippen LogP contribution in [0.1, 0.15) is 17.0 Å². The van der Waals surface area contributed by atoms with Gasteiger partial charge >= 0.3 is 0 Å². The van der Waals surface area contributed by atoms with Gasteiger partial charge in [0.1, 0.15) is 23.3 Å². The van der Waals surface area contributed by atoms with Crippen molar-refractivity contribution in [2.45, 2.75) is 20.8 Å². The number of rotatable bonds is 2. The van der Waals surface area contributed by atoms with Crippen LogP contribution in [0.15, 0.2) is 16.6 Å². The maximum atomic E-state index is 13.4. The summed E-state index contributed by atoms with van der Waals surface area (Å²) in [6.07, 6.45) is 0. The van der Waals surface area contributed by atoms with E-state index in [1.54, 1.807) is 13.0 Å². The van der Waals surface area contributed by atoms with Gasteiger partial charge in [-0.1, -0.05) is 0 Å². The zero-order valence-corrected chi connectivity index (χ0v) is 12.5. The van der Waals surface area contributed by atoms with Crippen molar-refractivity contribution in [1.29, 1.82) is 0 Å². The van der Waals surface area contributed by atoms with Crippen molar-refractivity contribution in [2.24, 2.45) is 0 Å². The van der Waals surface area contributed by atoms with Crippen LogP contribution in [0.2, 0.25) is 0 Å². The second kappa shape index (κ2) is 5.13. The topological polar surface area (TPSA) is 63.8 Å². The fraction of sp³-hybridized carbons (Fsp3) is 0.231. The van der Waals surface area contributed by atoms with Gasteiger partial charge in [0.2, 0.25) is 0 Å². The lowest BCUT2D eigenvalue weighted by Crippen LogP contribution is -2.05. The Morgan fingerprint density at radius 1 is 1.21 bits per heavy atom. The molecule has 0 amide bonds. The SMILES string of the molecule is Cc1nc(N)c(C)c(Nc2cc(Br)c(F)cc2C)n1. The van der Waals surface area contributed by atoms with Crippen LogP contribution in [0, 0.1) is 26.6 Å². The Morgan fingerprint density at radius 2 is 1.89 bits per heavy atom. The van der Waals surface area contributed by atoms with Gasteiger partial charge in [0.25, 0.3) is 0 Å². The van der Waals surface area contributed by atoms with Crippen molar-refractivity contribution in [3.05, 3.63) is 39.4 Å². The van der Waals surface area contributed by atoms with Crippen LogP contribution in [0.25, 0.3) is 0 Å². The molecule has 6 heteroatoms. The Balaban J connectivity index is 2.44. The molecule has 19 heavy (non-hydrogen) atoms. The van der Waals surface area contributed by atoms with Crippen molar-refractivity contribution in [3.63, 3.8) is 0 Å². The van der Waals surface area contributed by atoms with E-state index in [1.807, 2.05) is 13.8 Å². The zero-order chi connectivity index (χ0) is 14.2. The molecule has 0 spiro atoms. The monoisotopic (exact) mass is 324 g/mol. The van der Waals surface area contributed by atoms with Gasteiger partial charge in [-0.05, 0) is 54.4 Å². The number of halogens is 2. The molecule has 0 aliphatic carbocycles. The molecule has 3 N–H and O–H groups in total. The first kappa shape index (κ1) is 13.7. The third-order valence-electron chi connectivity index (χ3n) is 2.82. The predicted octanol–water partition coefficient (Wildman–Crippen LogP) is 3.63. The maximum absolute atomic E-state index is 13.4. The molecule has 1 heterocycles. The summed E-state index contributed by atoms with van der Waals surface area (Å²) in [4.78, 5) is 8.40. The summed E-state index contributed by atoms with van der Waals surface area (Å²) in [5.41, 5.74) is 8.13. The average Bonchev–Trinajstić information content (AvgIpc) is 2.32. The summed E-state index contributed by atoms with van der Waals surface area (Å²) >= 11 is 3.17. The highest BCUT2D eigenvalue weighted by atomic mass is 79.9. The second-order valence-electron chi connectivity index (χ2n) is 4.34. The van der Waals surface area contributed by atoms with Crippen LogP contribution in [-0.2, 0) is 0 Å². The number of hydrogen-bond acceptors (Lipinski definition) is 4. The molecule has 0 unspecified atom stereocenters. The highest BCUT2D eigenvalue weighted by Gasteiger charge is 2.10. The first-order valence-electron chi connectivity index (χ1n) is 5.72. The highest BCUT2D eigenvalue weighted by Crippen LogP contribution is 2.28. The van der Waals surface area contributed by atoms with Gasteiger partial charge in [0.05, 0.1) is 4.47 Å². The van der Waals surface area contributed by atoms with Crippen molar-refractivity contribution in [3.8, 4) is 0 Å². The van der Waals surface area contributed by atoms with E-state index in [2.05, 4.69) is 31.2 Å². The van der Waals surface area contributed by atoms with E-state index in [9.17, 15) is 4.39 Å². The molecule has 0 saturated carbocycles. The van der Waals surface area contributed by atoms with E-state index in [4.69, 9.17) is 5.73 Å². The lowest BCUT2D eigenvalue weighted by Gasteiger charge is -2.13. The molecule has 1 aromatic carbocycles. The van der Waals surface area contributed by atoms with Crippen LogP contribution in [0.5, 0.6) is 0 Å². The quantitative estimate of drug-likeness (QED) is 0.885. The number of hydrogen-bond donors (Lipinski definition) is 2. The van der Waals surface area contributed by atoms with Gasteiger partial charge in [0.15, 0.2) is 0 Å². The third-order valence-corrected chi connectivity index (χ3v) is 3.42. The summed E-state index contributed by atoms with van der Waals surface area (Å²) in [7, 11) is 0. The maximum Gasteiger partial charge on any atom is 0.139 e. The van der Waals surface area contributed by atoms with E-state index in [-0.39, 0.29) is 5.82 Å². The van der Waals surface area contributed by atoms with Gasteiger partial charge in [-0.25, -0.2) is 14.4 Å². The summed E-state index contributed by atoms with van der Waals surface area (Å²) in [6.45, 7) is 5.43. The normalized spacial score (nSPS) is 10.6. The van der Waals surface area contributed by atoms with E-state index in [1.165, 1.54) is 6.07 Å². The lowest BCUT2D eigenvalue weighted by atomic mass is 10.2. The van der Waals surface area contributed by atoms with Crippen LogP contribution in [0.4, 0.5) is 21.7 Å². The number of anilines is 3. The van der Waals surface area contributed by atoms with Crippen molar-refractivity contribution < 1.29 is 4.39 Å². The lowest BCUT2D eigenvalue weighted by molar-refractivity contribution is 0.620. The molecule has 0 saturated heterocycles. The average molecular weight is 325 g/mol. The molecular weight excluding hydrogens is 311 g/mol. The van der Waals surface area contributed by atoms with Crippen molar-refractivity contribution in [2.75, 3.05) is 11.1 Å². The molecule has 2 aromatic rings. The number of aryl methyl sites for hydroxylation is 2. The van der Waals surface area contributed by atoms with Gasteiger partial charge in [-0.3, -0.25) is 0 Å². The summed E-state index contributed by atoms with van der Waals surface area (Å²) in [5, 5.41) is 3.16. The fourth-order valence-electron chi connectivity index (χ4n) is 1.68. The Hall–Kier alpha value is -1.69. The molecule has 1 aromatic heterocycles. The molecular formula is C13H14BrFN4. The minimum absolute atomic E-state index is 0.293. The summed E-state index contributed by atoms with van der Waals surface area (Å²) < 4.78 is 13.8. The van der Waals surface area contributed by atoms with Gasteiger partial charge in [-0.15, -0.1) is 0 Å². The van der Waals surface area contributed by atoms with Gasteiger partial charge < -0.3 is 11.1 Å². The summed E-state index contributed by atoms with van der Waals surface area (Å²) in [5.74, 6) is 1.36. The van der Waals surface area contributed by atoms with Crippen LogP contribution in [0.3, 0.4) is 0 Å². The predicted molar refractivity (Wildman–Crippen MR) is 78.0 cm³/mol. The molecule has 0 fully saturated rings. The van der Waals surface area contributed by atoms with Gasteiger partial charge in [0, 0.05) is 11.3 Å².